The van der Waals surface area contributed by atoms with E-state index in [2.05, 4.69) is 114 Å². The van der Waals surface area contributed by atoms with Crippen molar-refractivity contribution in [1.82, 2.24) is 156 Å². The van der Waals surface area contributed by atoms with Crippen LogP contribution in [-0.4, -0.2) is 377 Å². The van der Waals surface area contributed by atoms with Gasteiger partial charge in [-0.3, -0.25) is 108 Å². The summed E-state index contributed by atoms with van der Waals surface area (Å²) in [7, 11) is -2.84. The number of imidazole rings is 3. The van der Waals surface area contributed by atoms with Crippen LogP contribution in [0.1, 0.15) is 117 Å². The fraction of sp³-hybridized carbons (Fsp3) is 0.633. The number of rotatable bonds is 56. The van der Waals surface area contributed by atoms with E-state index >= 15 is 23.5 Å². The minimum Gasteiger partial charge on any atom is -0.382 e. The molecule has 0 radical (unpaired) electrons. The van der Waals surface area contributed by atoms with Crippen molar-refractivity contribution in [2.75, 3.05) is 164 Å². The summed E-state index contributed by atoms with van der Waals surface area (Å²) < 4.78 is 98.6. The number of nitrogens with zero attached hydrogens (tertiary/aromatic N) is 17. The first-order valence-corrected chi connectivity index (χ1v) is 51.4. The van der Waals surface area contributed by atoms with Gasteiger partial charge in [0.1, 0.15) is 78.5 Å². The van der Waals surface area contributed by atoms with Gasteiger partial charge < -0.3 is 153 Å². The molecule has 146 heavy (non-hydrogen) atoms. The molecule has 6 aromatic rings. The number of nitrogens with two attached hydrogens (primary N) is 9. The number of aromatic amines is 1. The number of anilines is 3. The fourth-order valence-electron chi connectivity index (χ4n) is 16.1. The molecule has 3 unspecified atom stereocenters. The van der Waals surface area contributed by atoms with E-state index in [1.807, 2.05) is 0 Å². The molecule has 67 heteroatoms. The number of carbonyl (C=O) groups excluding carboxylic acids is 8. The number of hydrogen-bond donors (Lipinski definition) is 29. The summed E-state index contributed by atoms with van der Waals surface area (Å²) in [5.41, 5.74) is 51.7. The average Bonchev–Trinajstić information content (AvgIpc) is 1.43. The highest BCUT2D eigenvalue weighted by Crippen LogP contribution is 2.58. The van der Waals surface area contributed by atoms with Crippen molar-refractivity contribution in [3.8, 4) is 0 Å². The van der Waals surface area contributed by atoms with Gasteiger partial charge in [0.05, 0.1) is 77.2 Å². The quantitative estimate of drug-likeness (QED) is 0.00730. The zero-order valence-corrected chi connectivity index (χ0v) is 85.4. The maximum absolute atomic E-state index is 16.4. The van der Waals surface area contributed by atoms with Gasteiger partial charge in [-0.15, -0.1) is 0 Å². The standard InChI is InChI=1S/C79H139N46O18P3/c1-43(2)144(135,117(4)5)138-35-46-30-121(33-56(142-46)123-40-106-58-61(80)102-38-104-63(58)123)146(137,119(8)9)140-37-47-31-122(34-57(143-47)124-41-107-59-62(81)103-39-105-64(59)124)145(136,118(6)7)139-36-45-29-120(32-55(141-45)125-42-108-60-65(125)115-79(94)116-72(60)134)54(127)28-101-66(128)48(16-10-22-95-73(82)83)110-68(130)50(18-12-24-97-75(86)87)112-70(132)52(20-14-26-99-77(90)91)114-71(133)53(21-15-27-100-78(92)93)113-69(131)51(19-13-25-98-76(88)89)111-67(129)49(109-44(3)126)17-11-23-96-74(84)85/h38-43,45-53,55-57H,10-37H2,1-9H3,(H,101,128)(H,109,126)(H,110,130)(H,111,129)(H,112,132)(H,113,131)(H,114,133)(H2,80,102,104)(H2,81,103,105)(H4,82,83,95)(H4,84,85,96)(H4,86,87,97)(H4,88,89,98)(H4,90,91,99)(H4,92,93,100)(H3,94,115,116,134)/t45-,46-,47-,48-,49-,50-,51-,52-,53-,55+,56+,57+,144?,145?,146?/m0/s1. The lowest BCUT2D eigenvalue weighted by Crippen LogP contribution is -2.60. The molecular weight excluding hydrogens is 1970 g/mol. The second-order valence-corrected chi connectivity index (χ2v) is 43.8. The summed E-state index contributed by atoms with van der Waals surface area (Å²) in [5.74, 6) is -9.80. The highest BCUT2D eigenvalue weighted by atomic mass is 31.2. The Bertz CT molecular complexity index is 5770. The van der Waals surface area contributed by atoms with E-state index in [9.17, 15) is 33.3 Å². The van der Waals surface area contributed by atoms with Crippen LogP contribution in [-0.2, 0) is 79.8 Å². The average molecular weight is 2110 g/mol. The Morgan fingerprint density at radius 3 is 1.07 bits per heavy atom. The van der Waals surface area contributed by atoms with Gasteiger partial charge in [-0.05, 0) is 119 Å². The summed E-state index contributed by atoms with van der Waals surface area (Å²) in [4.78, 5) is 168. The Hall–Kier alpha value is -13.5. The van der Waals surface area contributed by atoms with Gasteiger partial charge >= 0.3 is 15.3 Å². The Balaban J connectivity index is 0.978. The molecule has 0 aromatic carbocycles. The number of morpholine rings is 3. The summed E-state index contributed by atoms with van der Waals surface area (Å²) in [6.45, 7) is 1.21. The van der Waals surface area contributed by atoms with Crippen LogP contribution in [0.3, 0.4) is 0 Å². The molecule has 15 atom stereocenters. The molecule has 0 aliphatic carbocycles. The Kier molecular flexibility index (Phi) is 43.0. The number of nitrogen functional groups attached to an aromatic ring is 3. The molecule has 0 spiro atoms. The van der Waals surface area contributed by atoms with Crippen molar-refractivity contribution in [2.24, 2.45) is 34.4 Å². The zero-order valence-electron chi connectivity index (χ0n) is 82.7. The number of fused-ring (bicyclic) bond motifs is 3. The van der Waals surface area contributed by atoms with Crippen LogP contribution in [0.25, 0.3) is 33.5 Å². The lowest BCUT2D eigenvalue weighted by atomic mass is 10.0. The molecule has 0 saturated carbocycles. The van der Waals surface area contributed by atoms with Gasteiger partial charge in [0, 0.05) is 71.5 Å². The topological polar surface area (TPSA) is 947 Å². The molecule has 64 nitrogen and oxygen atoms in total. The van der Waals surface area contributed by atoms with Gasteiger partial charge in [-0.1, -0.05) is 13.8 Å². The predicted molar refractivity (Wildman–Crippen MR) is 536 cm³/mol. The minimum atomic E-state index is -4.47. The first kappa shape index (κ1) is 116. The molecule has 0 bridgehead atoms. The normalized spacial score (nSPS) is 19.3. The number of H-pyrrole nitrogens is 1. The monoisotopic (exact) mass is 2110 g/mol. The molecule has 38 N–H and O–H groups in total. The number of hydrogen-bond acceptors (Lipinski definition) is 35. The van der Waals surface area contributed by atoms with Crippen molar-refractivity contribution in [3.63, 3.8) is 0 Å². The van der Waals surface area contributed by atoms with Crippen LogP contribution >= 0.6 is 22.9 Å². The van der Waals surface area contributed by atoms with Gasteiger partial charge in [-0.25, -0.2) is 58.2 Å². The van der Waals surface area contributed by atoms with Crippen molar-refractivity contribution in [3.05, 3.63) is 42.0 Å². The predicted octanol–water partition coefficient (Wildman–Crippen LogP) is -7.15. The third kappa shape index (κ3) is 32.7. The Labute approximate surface area is 839 Å². The number of amides is 8. The van der Waals surface area contributed by atoms with Crippen molar-refractivity contribution < 1.29 is 79.8 Å². The number of carbonyl (C=O) groups is 8. The minimum absolute atomic E-state index is 0.00227. The van der Waals surface area contributed by atoms with Crippen LogP contribution in [0.2, 0.25) is 0 Å². The third-order valence-electron chi connectivity index (χ3n) is 23.3. The fourth-order valence-corrected chi connectivity index (χ4v) is 21.9. The molecule has 3 aliphatic heterocycles. The zero-order chi connectivity index (χ0) is 107. The van der Waals surface area contributed by atoms with Crippen LogP contribution < -0.4 is 126 Å². The van der Waals surface area contributed by atoms with Crippen LogP contribution in [0, 0.1) is 32.5 Å². The number of guanidine groups is 6. The van der Waals surface area contributed by atoms with E-state index in [4.69, 9.17) is 112 Å². The van der Waals surface area contributed by atoms with Gasteiger partial charge in [0.25, 0.3) is 13.1 Å². The first-order valence-electron chi connectivity index (χ1n) is 46.7. The molecule has 9 heterocycles. The second kappa shape index (κ2) is 54.1. The van der Waals surface area contributed by atoms with Crippen LogP contribution in [0.15, 0.2) is 36.4 Å². The number of nitrogens with one attached hydrogen (secondary N) is 20. The summed E-state index contributed by atoms with van der Waals surface area (Å²) in [5, 5.41) is 80.7. The maximum atomic E-state index is 16.4. The van der Waals surface area contributed by atoms with E-state index in [-0.39, 0.29) is 219 Å². The molecule has 3 aliphatic rings. The lowest BCUT2D eigenvalue weighted by Gasteiger charge is -2.45. The molecule has 9 rings (SSSR count). The first-order chi connectivity index (χ1) is 69.1. The van der Waals surface area contributed by atoms with E-state index in [1.165, 1.54) is 85.4 Å². The van der Waals surface area contributed by atoms with Crippen molar-refractivity contribution >= 4 is 157 Å². The highest BCUT2D eigenvalue weighted by Gasteiger charge is 2.49. The molecule has 808 valence electrons. The number of ether oxygens (including phenoxy) is 3. The third-order valence-corrected chi connectivity index (χ3v) is 31.4. The summed E-state index contributed by atoms with van der Waals surface area (Å²) in [6, 6.07) is -8.99. The van der Waals surface area contributed by atoms with E-state index < -0.39 is 204 Å². The van der Waals surface area contributed by atoms with Crippen LogP contribution in [0.5, 0.6) is 0 Å². The van der Waals surface area contributed by atoms with E-state index in [0.29, 0.717) is 0 Å². The molecule has 3 saturated heterocycles. The van der Waals surface area contributed by atoms with E-state index in [0.717, 1.165) is 0 Å². The van der Waals surface area contributed by atoms with Gasteiger partial charge in [-0.2, -0.15) is 4.98 Å². The Morgan fingerprint density at radius 2 is 0.740 bits per heavy atom. The molecule has 6 aromatic heterocycles. The number of aromatic nitrogens is 12. The molecule has 8 amide bonds. The molecule has 3 fully saturated rings. The second-order valence-electron chi connectivity index (χ2n) is 35.4. The lowest BCUT2D eigenvalue weighted by molar-refractivity contribution is -0.158. The summed E-state index contributed by atoms with van der Waals surface area (Å²) >= 11 is 0. The van der Waals surface area contributed by atoms with Crippen LogP contribution in [0.4, 0.5) is 17.6 Å². The van der Waals surface area contributed by atoms with E-state index in [1.54, 1.807) is 51.3 Å². The largest absolute Gasteiger partial charge is 0.382 e. The Morgan fingerprint density at radius 1 is 0.425 bits per heavy atom. The SMILES string of the molecule is CC(=O)N[C@@H](CCCNC(=N)N)C(=O)N[C@@H](CCCNC(=N)N)C(=O)N[C@@H](CCCNC(=N)N)C(=O)N[C@@H](CCCNC(=N)N)C(=O)N[C@@H](CCCNC(=N)N)C(=O)N[C@@H](CCCNC(=N)N)C(=O)NCC(=O)N1C[C@@H](COP(=O)(N(C)C)N2C[C@@H](COP(=O)(N(C)C)N3C[C@@H](COP(=O)(C(C)C)N(C)C)O[C@@H](n4cnc5c(N)ncnc54)C3)O[C@@H](n3cnc4c(N)ncnc43)C2)O[C@@H](n2cnc3c(=O)[nH]c(N)nc32)C1. The highest BCUT2D eigenvalue weighted by molar-refractivity contribution is 7.57. The summed E-state index contributed by atoms with van der Waals surface area (Å²) in [6.07, 6.45) is -0.951. The van der Waals surface area contributed by atoms with Gasteiger partial charge in [0.15, 0.2) is 76.1 Å². The van der Waals surface area contributed by atoms with Crippen molar-refractivity contribution in [2.45, 2.75) is 177 Å². The van der Waals surface area contributed by atoms with Crippen molar-refractivity contribution in [1.29, 1.82) is 32.5 Å². The smallest absolute Gasteiger partial charge is 0.345 e. The molecular formula is C79H139N46O18P3. The maximum Gasteiger partial charge on any atom is 0.345 e. The van der Waals surface area contributed by atoms with Gasteiger partial charge in [0.2, 0.25) is 53.2 Å².